The molecule has 3 aromatic rings. The molecule has 1 aliphatic heterocycles. The van der Waals surface area contributed by atoms with Crippen molar-refractivity contribution in [3.8, 4) is 0 Å². The number of nitrogens with one attached hydrogen (secondary N) is 2. The lowest BCUT2D eigenvalue weighted by molar-refractivity contribution is 0.102. The molecule has 1 aromatic carbocycles. The first-order chi connectivity index (χ1) is 15.0. The van der Waals surface area contributed by atoms with Crippen LogP contribution in [0, 0.1) is 5.82 Å². The van der Waals surface area contributed by atoms with E-state index in [9.17, 15) is 9.18 Å². The molecular formula is C20H17Cl2FN6O2. The van der Waals surface area contributed by atoms with E-state index < -0.39 is 11.7 Å². The van der Waals surface area contributed by atoms with Crippen LogP contribution in [0.4, 0.5) is 27.7 Å². The van der Waals surface area contributed by atoms with Crippen LogP contribution >= 0.6 is 23.2 Å². The van der Waals surface area contributed by atoms with Gasteiger partial charge in [-0.05, 0) is 18.2 Å². The Morgan fingerprint density at radius 1 is 1.13 bits per heavy atom. The Labute approximate surface area is 187 Å². The van der Waals surface area contributed by atoms with Crippen LogP contribution in [0.25, 0.3) is 0 Å². The second-order valence-electron chi connectivity index (χ2n) is 6.57. The molecule has 8 nitrogen and oxygen atoms in total. The largest absolute Gasteiger partial charge is 0.378 e. The number of benzene rings is 1. The average molecular weight is 463 g/mol. The summed E-state index contributed by atoms with van der Waals surface area (Å²) in [6.45, 7) is 2.36. The maximum absolute atomic E-state index is 14.3. The first-order valence-electron chi connectivity index (χ1n) is 9.35. The third kappa shape index (κ3) is 5.01. The van der Waals surface area contributed by atoms with Crippen molar-refractivity contribution in [2.45, 2.75) is 0 Å². The van der Waals surface area contributed by atoms with Gasteiger partial charge in [-0.25, -0.2) is 14.4 Å². The van der Waals surface area contributed by atoms with E-state index in [-0.39, 0.29) is 27.2 Å². The van der Waals surface area contributed by atoms with Gasteiger partial charge in [-0.3, -0.25) is 4.79 Å². The molecule has 0 bridgehead atoms. The molecule has 4 rings (SSSR count). The summed E-state index contributed by atoms with van der Waals surface area (Å²) >= 11 is 12.2. The zero-order chi connectivity index (χ0) is 21.8. The number of hydrogen-bond acceptors (Lipinski definition) is 7. The number of hydrogen-bond donors (Lipinski definition) is 2. The Morgan fingerprint density at radius 3 is 2.61 bits per heavy atom. The van der Waals surface area contributed by atoms with Gasteiger partial charge < -0.3 is 20.3 Å². The molecule has 0 aliphatic carbocycles. The number of morpholine rings is 1. The van der Waals surface area contributed by atoms with Crippen molar-refractivity contribution in [3.63, 3.8) is 0 Å². The minimum Gasteiger partial charge on any atom is -0.378 e. The smallest absolute Gasteiger partial charge is 0.258 e. The van der Waals surface area contributed by atoms with Crippen LogP contribution in [0.2, 0.25) is 10.0 Å². The van der Waals surface area contributed by atoms with Gasteiger partial charge in [0.1, 0.15) is 5.82 Å². The quantitative estimate of drug-likeness (QED) is 0.588. The number of amides is 1. The zero-order valence-corrected chi connectivity index (χ0v) is 17.6. The Hall–Kier alpha value is -3.01. The van der Waals surface area contributed by atoms with Crippen molar-refractivity contribution in [1.82, 2.24) is 15.0 Å². The number of nitrogens with zero attached hydrogens (tertiary/aromatic N) is 4. The van der Waals surface area contributed by atoms with E-state index in [4.69, 9.17) is 27.9 Å². The number of halogens is 3. The molecule has 1 fully saturated rings. The summed E-state index contributed by atoms with van der Waals surface area (Å²) in [5, 5.41) is 6.00. The summed E-state index contributed by atoms with van der Waals surface area (Å²) in [7, 11) is 0. The van der Waals surface area contributed by atoms with Crippen molar-refractivity contribution in [2.75, 3.05) is 41.8 Å². The first kappa shape index (κ1) is 21.2. The summed E-state index contributed by atoms with van der Waals surface area (Å²) in [4.78, 5) is 27.0. The van der Waals surface area contributed by atoms with E-state index in [1.807, 2.05) is 4.90 Å². The Kier molecular flexibility index (Phi) is 6.45. The summed E-state index contributed by atoms with van der Waals surface area (Å²) in [5.41, 5.74) is 0.579. The van der Waals surface area contributed by atoms with Crippen LogP contribution < -0.4 is 15.5 Å². The molecule has 2 N–H and O–H groups in total. The number of carbonyl (C=O) groups excluding carboxylic acids is 1. The number of aromatic nitrogens is 3. The van der Waals surface area contributed by atoms with Crippen molar-refractivity contribution < 1.29 is 13.9 Å². The molecule has 0 atom stereocenters. The van der Waals surface area contributed by atoms with Crippen LogP contribution in [-0.2, 0) is 4.74 Å². The third-order valence-electron chi connectivity index (χ3n) is 4.48. The summed E-state index contributed by atoms with van der Waals surface area (Å²) in [5.74, 6) is -0.452. The zero-order valence-electron chi connectivity index (χ0n) is 16.1. The highest BCUT2D eigenvalue weighted by molar-refractivity contribution is 6.40. The maximum Gasteiger partial charge on any atom is 0.258 e. The fourth-order valence-corrected chi connectivity index (χ4v) is 3.54. The molecule has 31 heavy (non-hydrogen) atoms. The Balaban J connectivity index is 1.52. The monoisotopic (exact) mass is 462 g/mol. The number of rotatable bonds is 5. The predicted molar refractivity (Wildman–Crippen MR) is 117 cm³/mol. The van der Waals surface area contributed by atoms with Gasteiger partial charge in [-0.2, -0.15) is 4.98 Å². The number of ether oxygens (including phenoxy) is 1. The summed E-state index contributed by atoms with van der Waals surface area (Å²) in [6.07, 6.45) is 2.57. The van der Waals surface area contributed by atoms with Crippen LogP contribution in [0.15, 0.2) is 42.7 Å². The molecule has 1 aliphatic rings. The lowest BCUT2D eigenvalue weighted by atomic mass is 10.2. The predicted octanol–water partition coefficient (Wildman–Crippen LogP) is 4.15. The van der Waals surface area contributed by atoms with Gasteiger partial charge in [-0.1, -0.05) is 29.3 Å². The van der Waals surface area contributed by atoms with Crippen molar-refractivity contribution >= 4 is 52.4 Å². The summed E-state index contributed by atoms with van der Waals surface area (Å²) in [6, 6.07) is 7.93. The van der Waals surface area contributed by atoms with Gasteiger partial charge in [0, 0.05) is 31.0 Å². The van der Waals surface area contributed by atoms with Gasteiger partial charge in [0.2, 0.25) is 5.95 Å². The standard InChI is InChI=1S/C20H17Cl2FN6O2/c21-13-2-1-3-14(22)17(13)19(30)26-12-4-5-24-16(10-12)27-18-15(23)11-25-20(28-18)29-6-8-31-9-7-29/h1-5,10-11H,6-9H2,(H2,24,25,26,27,28,30). The number of pyridine rings is 1. The maximum atomic E-state index is 14.3. The van der Waals surface area contributed by atoms with Crippen LogP contribution in [0.3, 0.4) is 0 Å². The second kappa shape index (κ2) is 9.42. The molecule has 160 valence electrons. The summed E-state index contributed by atoms with van der Waals surface area (Å²) < 4.78 is 19.6. The van der Waals surface area contributed by atoms with E-state index in [0.29, 0.717) is 37.9 Å². The molecule has 1 amide bonds. The van der Waals surface area contributed by atoms with E-state index in [0.717, 1.165) is 6.20 Å². The van der Waals surface area contributed by atoms with Gasteiger partial charge in [-0.15, -0.1) is 0 Å². The van der Waals surface area contributed by atoms with Gasteiger partial charge in [0.25, 0.3) is 5.91 Å². The van der Waals surface area contributed by atoms with Crippen molar-refractivity contribution in [1.29, 1.82) is 0 Å². The molecule has 11 heteroatoms. The molecule has 0 radical (unpaired) electrons. The highest BCUT2D eigenvalue weighted by Gasteiger charge is 2.17. The number of carbonyl (C=O) groups is 1. The molecule has 2 aromatic heterocycles. The molecular weight excluding hydrogens is 446 g/mol. The molecule has 0 spiro atoms. The van der Waals surface area contributed by atoms with Crippen molar-refractivity contribution in [2.24, 2.45) is 0 Å². The van der Waals surface area contributed by atoms with Crippen molar-refractivity contribution in [3.05, 3.63) is 64.2 Å². The SMILES string of the molecule is O=C(Nc1ccnc(Nc2nc(N3CCOCC3)ncc2F)c1)c1c(Cl)cccc1Cl. The fourth-order valence-electron chi connectivity index (χ4n) is 2.97. The van der Waals surface area contributed by atoms with E-state index in [2.05, 4.69) is 25.6 Å². The Bertz CT molecular complexity index is 1090. The molecule has 3 heterocycles. The van der Waals surface area contributed by atoms with Gasteiger partial charge in [0.05, 0.1) is 35.0 Å². The number of anilines is 4. The lowest BCUT2D eigenvalue weighted by Gasteiger charge is -2.26. The van der Waals surface area contributed by atoms with E-state index >= 15 is 0 Å². The fraction of sp³-hybridized carbons (Fsp3) is 0.200. The van der Waals surface area contributed by atoms with Crippen LogP contribution in [-0.4, -0.2) is 47.2 Å². The highest BCUT2D eigenvalue weighted by atomic mass is 35.5. The second-order valence-corrected chi connectivity index (χ2v) is 7.39. The molecule has 0 saturated carbocycles. The minimum absolute atomic E-state index is 0.0263. The minimum atomic E-state index is -0.629. The normalized spacial score (nSPS) is 13.7. The van der Waals surface area contributed by atoms with Gasteiger partial charge >= 0.3 is 0 Å². The average Bonchev–Trinajstić information content (AvgIpc) is 2.76. The first-order valence-corrected chi connectivity index (χ1v) is 10.1. The Morgan fingerprint density at radius 2 is 1.87 bits per heavy atom. The molecule has 0 unspecified atom stereocenters. The highest BCUT2D eigenvalue weighted by Crippen LogP contribution is 2.26. The van der Waals surface area contributed by atoms with E-state index in [1.54, 1.807) is 30.3 Å². The molecule has 1 saturated heterocycles. The van der Waals surface area contributed by atoms with Crippen LogP contribution in [0.5, 0.6) is 0 Å². The van der Waals surface area contributed by atoms with E-state index in [1.165, 1.54) is 6.20 Å². The lowest BCUT2D eigenvalue weighted by Crippen LogP contribution is -2.37. The topological polar surface area (TPSA) is 92.3 Å². The third-order valence-corrected chi connectivity index (χ3v) is 5.11. The van der Waals surface area contributed by atoms with Crippen LogP contribution in [0.1, 0.15) is 10.4 Å². The van der Waals surface area contributed by atoms with Gasteiger partial charge in [0.15, 0.2) is 11.6 Å².